The molecule has 2 aliphatic heterocycles. The molecule has 7 nitrogen and oxygen atoms in total. The molecule has 2 aliphatic rings. The lowest BCUT2D eigenvalue weighted by molar-refractivity contribution is -0.128. The Bertz CT molecular complexity index is 1050. The monoisotopic (exact) mass is 401 g/mol. The van der Waals surface area contributed by atoms with Crippen LogP contribution in [0, 0.1) is 0 Å². The Kier molecular flexibility index (Phi) is 4.78. The van der Waals surface area contributed by atoms with Gasteiger partial charge < -0.3 is 9.80 Å². The molecule has 152 valence electrons. The lowest BCUT2D eigenvalue weighted by Gasteiger charge is -2.38. The maximum Gasteiger partial charge on any atom is 0.253 e. The van der Waals surface area contributed by atoms with E-state index in [1.165, 1.54) is 0 Å². The number of benzene rings is 2. The fourth-order valence-electron chi connectivity index (χ4n) is 4.04. The van der Waals surface area contributed by atoms with Crippen molar-refractivity contribution in [1.82, 2.24) is 24.8 Å². The number of rotatable bonds is 5. The topological polar surface area (TPSA) is 71.3 Å². The number of nitrogens with zero attached hydrogens (tertiary/aromatic N) is 5. The first kappa shape index (κ1) is 18.5. The third-order valence-electron chi connectivity index (χ3n) is 5.84. The third-order valence-corrected chi connectivity index (χ3v) is 5.84. The van der Waals surface area contributed by atoms with E-state index in [-0.39, 0.29) is 17.9 Å². The molecule has 5 rings (SSSR count). The summed E-state index contributed by atoms with van der Waals surface area (Å²) in [6.45, 7) is 2.54. The molecule has 0 radical (unpaired) electrons. The number of likely N-dealkylation sites (tertiary alicyclic amines) is 2. The molecule has 30 heavy (non-hydrogen) atoms. The van der Waals surface area contributed by atoms with Crippen molar-refractivity contribution in [1.29, 1.82) is 0 Å². The van der Waals surface area contributed by atoms with E-state index in [1.807, 2.05) is 63.1 Å². The standard InChI is InChI=1S/C23H23N5O2/c29-22-7-4-12-26(22)13-20-14-28(25-24-20)21-15-27(16-21)23(30)19-10-8-18(9-11-19)17-5-2-1-3-6-17/h1-3,5-6,8-11,14,21H,4,7,12-13,15-16H2. The average Bonchev–Trinajstić information content (AvgIpc) is 3.37. The summed E-state index contributed by atoms with van der Waals surface area (Å²) in [5.41, 5.74) is 3.73. The smallest absolute Gasteiger partial charge is 0.253 e. The van der Waals surface area contributed by atoms with Crippen LogP contribution < -0.4 is 0 Å². The van der Waals surface area contributed by atoms with E-state index < -0.39 is 0 Å². The zero-order chi connectivity index (χ0) is 20.5. The highest BCUT2D eigenvalue weighted by molar-refractivity contribution is 5.95. The lowest BCUT2D eigenvalue weighted by Crippen LogP contribution is -2.50. The van der Waals surface area contributed by atoms with Gasteiger partial charge in [0.1, 0.15) is 5.69 Å². The minimum Gasteiger partial charge on any atom is -0.337 e. The first-order chi connectivity index (χ1) is 14.7. The van der Waals surface area contributed by atoms with Crippen LogP contribution in [-0.4, -0.2) is 56.2 Å². The molecule has 2 aromatic carbocycles. The normalized spacial score (nSPS) is 16.7. The van der Waals surface area contributed by atoms with Crippen LogP contribution in [0.1, 0.15) is 34.9 Å². The molecule has 0 unspecified atom stereocenters. The summed E-state index contributed by atoms with van der Waals surface area (Å²) in [7, 11) is 0. The van der Waals surface area contributed by atoms with Gasteiger partial charge in [-0.05, 0) is 29.7 Å². The summed E-state index contributed by atoms with van der Waals surface area (Å²) in [5, 5.41) is 8.41. The van der Waals surface area contributed by atoms with Crippen LogP contribution in [0.4, 0.5) is 0 Å². The Morgan fingerprint density at radius 3 is 2.43 bits per heavy atom. The predicted octanol–water partition coefficient (Wildman–Crippen LogP) is 2.76. The SMILES string of the molecule is O=C1CCCN1Cc1cn(C2CN(C(=O)c3ccc(-c4ccccc4)cc3)C2)nn1. The Hall–Kier alpha value is -3.48. The molecule has 0 saturated carbocycles. The van der Waals surface area contributed by atoms with Crippen molar-refractivity contribution < 1.29 is 9.59 Å². The van der Waals surface area contributed by atoms with Gasteiger partial charge in [0.25, 0.3) is 5.91 Å². The zero-order valence-electron chi connectivity index (χ0n) is 16.6. The Morgan fingerprint density at radius 1 is 1.00 bits per heavy atom. The molecule has 3 heterocycles. The molecule has 3 aromatic rings. The van der Waals surface area contributed by atoms with E-state index >= 15 is 0 Å². The van der Waals surface area contributed by atoms with E-state index in [0.29, 0.717) is 31.6 Å². The van der Waals surface area contributed by atoms with Crippen molar-refractivity contribution in [3.63, 3.8) is 0 Å². The summed E-state index contributed by atoms with van der Waals surface area (Å²) in [5.74, 6) is 0.220. The number of hydrogen-bond donors (Lipinski definition) is 0. The van der Waals surface area contributed by atoms with Crippen LogP contribution in [0.5, 0.6) is 0 Å². The molecule has 2 amide bonds. The van der Waals surface area contributed by atoms with Crippen molar-refractivity contribution in [3.8, 4) is 11.1 Å². The lowest BCUT2D eigenvalue weighted by atomic mass is 10.0. The van der Waals surface area contributed by atoms with E-state index in [1.54, 1.807) is 0 Å². The Labute approximate surface area is 174 Å². The minimum absolute atomic E-state index is 0.0360. The number of carbonyl (C=O) groups excluding carboxylic acids is 2. The molecule has 0 aliphatic carbocycles. The van der Waals surface area contributed by atoms with E-state index in [9.17, 15) is 9.59 Å². The maximum absolute atomic E-state index is 12.8. The molecule has 0 bridgehead atoms. The second-order valence-electron chi connectivity index (χ2n) is 7.92. The first-order valence-electron chi connectivity index (χ1n) is 10.3. The third kappa shape index (κ3) is 3.58. The highest BCUT2D eigenvalue weighted by Gasteiger charge is 2.33. The number of aromatic nitrogens is 3. The Morgan fingerprint density at radius 2 is 1.73 bits per heavy atom. The predicted molar refractivity (Wildman–Crippen MR) is 111 cm³/mol. The van der Waals surface area contributed by atoms with Gasteiger partial charge in [0.2, 0.25) is 5.91 Å². The average molecular weight is 401 g/mol. The molecule has 1 aromatic heterocycles. The van der Waals surface area contributed by atoms with Gasteiger partial charge in [-0.3, -0.25) is 9.59 Å². The van der Waals surface area contributed by atoms with Gasteiger partial charge in [0.15, 0.2) is 0 Å². The van der Waals surface area contributed by atoms with Gasteiger partial charge in [0, 0.05) is 31.6 Å². The van der Waals surface area contributed by atoms with Gasteiger partial charge >= 0.3 is 0 Å². The zero-order valence-corrected chi connectivity index (χ0v) is 16.6. The van der Waals surface area contributed by atoms with Gasteiger partial charge in [0.05, 0.1) is 18.8 Å². The van der Waals surface area contributed by atoms with Crippen LogP contribution in [0.15, 0.2) is 60.8 Å². The molecule has 2 fully saturated rings. The van der Waals surface area contributed by atoms with Gasteiger partial charge in [-0.1, -0.05) is 47.7 Å². The van der Waals surface area contributed by atoms with Crippen molar-refractivity contribution in [2.75, 3.05) is 19.6 Å². The van der Waals surface area contributed by atoms with Crippen LogP contribution in [0.25, 0.3) is 11.1 Å². The summed E-state index contributed by atoms with van der Waals surface area (Å²) < 4.78 is 1.82. The summed E-state index contributed by atoms with van der Waals surface area (Å²) >= 11 is 0. The minimum atomic E-state index is 0.0360. The van der Waals surface area contributed by atoms with Crippen LogP contribution in [0.2, 0.25) is 0 Å². The second kappa shape index (κ2) is 7.74. The van der Waals surface area contributed by atoms with E-state index in [4.69, 9.17) is 0 Å². The van der Waals surface area contributed by atoms with Crippen molar-refractivity contribution in [2.45, 2.75) is 25.4 Å². The summed E-state index contributed by atoms with van der Waals surface area (Å²) in [4.78, 5) is 28.2. The quantitative estimate of drug-likeness (QED) is 0.659. The molecular formula is C23H23N5O2. The fraction of sp³-hybridized carbons (Fsp3) is 0.304. The van der Waals surface area contributed by atoms with Gasteiger partial charge in [-0.15, -0.1) is 5.10 Å². The van der Waals surface area contributed by atoms with Crippen molar-refractivity contribution >= 4 is 11.8 Å². The van der Waals surface area contributed by atoms with Crippen LogP contribution in [0.3, 0.4) is 0 Å². The van der Waals surface area contributed by atoms with Gasteiger partial charge in [-0.2, -0.15) is 0 Å². The van der Waals surface area contributed by atoms with Crippen molar-refractivity contribution in [3.05, 3.63) is 72.1 Å². The number of amides is 2. The molecule has 7 heteroatoms. The largest absolute Gasteiger partial charge is 0.337 e. The first-order valence-corrected chi connectivity index (χ1v) is 10.3. The molecule has 0 N–H and O–H groups in total. The van der Waals surface area contributed by atoms with E-state index in [0.717, 1.165) is 29.8 Å². The van der Waals surface area contributed by atoms with Crippen LogP contribution >= 0.6 is 0 Å². The molecule has 0 spiro atoms. The van der Waals surface area contributed by atoms with Crippen LogP contribution in [-0.2, 0) is 11.3 Å². The van der Waals surface area contributed by atoms with Crippen molar-refractivity contribution in [2.24, 2.45) is 0 Å². The highest BCUT2D eigenvalue weighted by atomic mass is 16.2. The van der Waals surface area contributed by atoms with Gasteiger partial charge in [-0.25, -0.2) is 4.68 Å². The summed E-state index contributed by atoms with van der Waals surface area (Å²) in [6.07, 6.45) is 3.44. The molecule has 0 atom stereocenters. The Balaban J connectivity index is 1.18. The maximum atomic E-state index is 12.8. The second-order valence-corrected chi connectivity index (χ2v) is 7.92. The van der Waals surface area contributed by atoms with E-state index in [2.05, 4.69) is 22.4 Å². The highest BCUT2D eigenvalue weighted by Crippen LogP contribution is 2.25. The number of hydrogen-bond acceptors (Lipinski definition) is 4. The fourth-order valence-corrected chi connectivity index (χ4v) is 4.04. The molecular weight excluding hydrogens is 378 g/mol. The summed E-state index contributed by atoms with van der Waals surface area (Å²) in [6, 6.07) is 18.0. The number of carbonyl (C=O) groups is 2. The molecule has 2 saturated heterocycles.